The molecule has 2 aromatic rings. The molecule has 0 unspecified atom stereocenters. The van der Waals surface area contributed by atoms with Crippen molar-refractivity contribution in [3.63, 3.8) is 0 Å². The Morgan fingerprint density at radius 2 is 1.92 bits per heavy atom. The summed E-state index contributed by atoms with van der Waals surface area (Å²) < 4.78 is 1.46. The molecule has 0 fully saturated rings. The first-order valence-electron chi connectivity index (χ1n) is 7.45. The summed E-state index contributed by atoms with van der Waals surface area (Å²) in [6.45, 7) is 1.11. The van der Waals surface area contributed by atoms with E-state index in [-0.39, 0.29) is 12.3 Å². The van der Waals surface area contributed by atoms with Gasteiger partial charge in [0.25, 0.3) is 0 Å². The monoisotopic (exact) mass is 332 g/mol. The zero-order chi connectivity index (χ0) is 17.9. The van der Waals surface area contributed by atoms with Gasteiger partial charge in [0.15, 0.2) is 0 Å². The molecule has 0 aliphatic rings. The average molecular weight is 332 g/mol. The third-order valence-electron chi connectivity index (χ3n) is 3.61. The molecular weight excluding hydrogens is 312 g/mol. The Morgan fingerprint density at radius 3 is 2.54 bits per heavy atom. The molecule has 2 rings (SSSR count). The largest absolute Gasteiger partial charge is 0.480 e. The molecule has 2 atom stereocenters. The number of rotatable bonds is 6. The van der Waals surface area contributed by atoms with E-state index in [9.17, 15) is 14.4 Å². The molecule has 1 heterocycles. The van der Waals surface area contributed by atoms with Crippen molar-refractivity contribution in [2.75, 3.05) is 6.54 Å². The summed E-state index contributed by atoms with van der Waals surface area (Å²) in [4.78, 5) is 34.6. The van der Waals surface area contributed by atoms with Gasteiger partial charge in [-0.3, -0.25) is 19.0 Å². The van der Waals surface area contributed by atoms with Crippen molar-refractivity contribution >= 4 is 28.7 Å². The predicted molar refractivity (Wildman–Crippen MR) is 88.5 cm³/mol. The van der Waals surface area contributed by atoms with Gasteiger partial charge in [-0.1, -0.05) is 18.2 Å². The number of nitrogens with one attached hydrogen (secondary N) is 1. The first kappa shape index (κ1) is 17.6. The second-order valence-corrected chi connectivity index (χ2v) is 5.59. The van der Waals surface area contributed by atoms with Crippen LogP contribution in [-0.2, 0) is 16.0 Å². The highest BCUT2D eigenvalue weighted by atomic mass is 16.4. The van der Waals surface area contributed by atoms with Crippen LogP contribution < -0.4 is 16.8 Å². The summed E-state index contributed by atoms with van der Waals surface area (Å²) >= 11 is 0. The van der Waals surface area contributed by atoms with Gasteiger partial charge in [-0.25, -0.2) is 0 Å². The van der Waals surface area contributed by atoms with Crippen molar-refractivity contribution in [1.29, 1.82) is 0 Å². The van der Waals surface area contributed by atoms with Crippen LogP contribution in [0.1, 0.15) is 17.3 Å². The zero-order valence-electron chi connectivity index (χ0n) is 13.2. The number of hydrogen-bond acceptors (Lipinski definition) is 5. The number of fused-ring (bicyclic) bond motifs is 1. The molecule has 8 nitrogen and oxygen atoms in total. The van der Waals surface area contributed by atoms with Crippen LogP contribution >= 0.6 is 0 Å². The van der Waals surface area contributed by atoms with Crippen LogP contribution in [0.3, 0.4) is 0 Å². The molecule has 0 aliphatic carbocycles. The third-order valence-corrected chi connectivity index (χ3v) is 3.61. The Labute approximate surface area is 138 Å². The maximum atomic E-state index is 12.2. The number of para-hydroxylation sites is 1. The summed E-state index contributed by atoms with van der Waals surface area (Å²) in [5, 5.41) is 11.6. The van der Waals surface area contributed by atoms with Gasteiger partial charge in [-0.2, -0.15) is 0 Å². The molecule has 128 valence electrons. The summed E-state index contributed by atoms with van der Waals surface area (Å²) in [5.41, 5.74) is 12.9. The zero-order valence-corrected chi connectivity index (χ0v) is 13.2. The lowest BCUT2D eigenvalue weighted by molar-refractivity contribution is -0.138. The van der Waals surface area contributed by atoms with Crippen LogP contribution in [0.5, 0.6) is 0 Å². The topological polar surface area (TPSA) is 140 Å². The minimum Gasteiger partial charge on any atom is -0.480 e. The molecule has 0 saturated heterocycles. The van der Waals surface area contributed by atoms with Crippen LogP contribution in [0.25, 0.3) is 10.9 Å². The molecule has 8 heteroatoms. The Kier molecular flexibility index (Phi) is 5.32. The van der Waals surface area contributed by atoms with Crippen molar-refractivity contribution in [1.82, 2.24) is 9.88 Å². The molecule has 6 N–H and O–H groups in total. The lowest BCUT2D eigenvalue weighted by Crippen LogP contribution is -2.43. The van der Waals surface area contributed by atoms with Gasteiger partial charge >= 0.3 is 5.97 Å². The molecule has 0 radical (unpaired) electrons. The number of nitrogens with zero attached hydrogens (tertiary/aromatic N) is 1. The second-order valence-electron chi connectivity index (χ2n) is 5.59. The normalized spacial score (nSPS) is 13.5. The molecule has 1 aromatic carbocycles. The van der Waals surface area contributed by atoms with E-state index in [0.717, 1.165) is 10.9 Å². The van der Waals surface area contributed by atoms with Crippen LogP contribution in [0, 0.1) is 0 Å². The number of hydrogen-bond donors (Lipinski definition) is 4. The number of aromatic nitrogens is 1. The van der Waals surface area contributed by atoms with Crippen molar-refractivity contribution in [3.05, 3.63) is 36.0 Å². The number of aliphatic carboxylic acids is 1. The maximum Gasteiger partial charge on any atom is 0.322 e. The van der Waals surface area contributed by atoms with Gasteiger partial charge in [-0.05, 0) is 25.0 Å². The van der Waals surface area contributed by atoms with E-state index in [1.165, 1.54) is 4.57 Å². The highest BCUT2D eigenvalue weighted by Crippen LogP contribution is 2.22. The van der Waals surface area contributed by atoms with E-state index >= 15 is 0 Å². The molecule has 1 amide bonds. The molecular formula is C16H20N4O4. The molecule has 0 aliphatic heterocycles. The molecule has 0 saturated carbocycles. The number of carboxylic acid groups (broad SMARTS) is 1. The van der Waals surface area contributed by atoms with Gasteiger partial charge < -0.3 is 21.9 Å². The number of carboxylic acids is 1. The first-order chi connectivity index (χ1) is 11.3. The van der Waals surface area contributed by atoms with E-state index < -0.39 is 30.5 Å². The Hall–Kier alpha value is -2.71. The van der Waals surface area contributed by atoms with Gasteiger partial charge in [0, 0.05) is 11.6 Å². The standard InChI is InChI=1S/C16H20N4O4/c1-9(17)16(24)20-8-10(11-4-2-3-5-13(11)20)6-12(18)15(23)19-7-14(21)22/h2-5,8-9,12H,6-7,17-18H2,1H3,(H,19,23)(H,21,22)/t9-,12-/m0/s1. The summed E-state index contributed by atoms with van der Waals surface area (Å²) in [6, 6.07) is 5.65. The van der Waals surface area contributed by atoms with E-state index in [1.807, 2.05) is 12.1 Å². The number of nitrogens with two attached hydrogens (primary N) is 2. The third kappa shape index (κ3) is 3.79. The summed E-state index contributed by atoms with van der Waals surface area (Å²) in [5.74, 6) is -1.97. The van der Waals surface area contributed by atoms with E-state index in [1.54, 1.807) is 25.3 Å². The van der Waals surface area contributed by atoms with E-state index in [0.29, 0.717) is 5.52 Å². The molecule has 0 bridgehead atoms. The molecule has 0 spiro atoms. The van der Waals surface area contributed by atoms with Crippen molar-refractivity contribution in [2.45, 2.75) is 25.4 Å². The van der Waals surface area contributed by atoms with Gasteiger partial charge in [0.1, 0.15) is 6.54 Å². The van der Waals surface area contributed by atoms with Crippen LogP contribution in [0.2, 0.25) is 0 Å². The molecule has 24 heavy (non-hydrogen) atoms. The quantitative estimate of drug-likeness (QED) is 0.572. The Bertz CT molecular complexity index is 781. The highest BCUT2D eigenvalue weighted by Gasteiger charge is 2.20. The average Bonchev–Trinajstić information content (AvgIpc) is 2.90. The van der Waals surface area contributed by atoms with E-state index in [4.69, 9.17) is 16.6 Å². The fourth-order valence-corrected chi connectivity index (χ4v) is 2.44. The Morgan fingerprint density at radius 1 is 1.25 bits per heavy atom. The fourth-order valence-electron chi connectivity index (χ4n) is 2.44. The first-order valence-corrected chi connectivity index (χ1v) is 7.45. The number of carbonyl (C=O) groups is 3. The minimum atomic E-state index is -1.14. The lowest BCUT2D eigenvalue weighted by Gasteiger charge is -2.10. The van der Waals surface area contributed by atoms with Gasteiger partial charge in [0.2, 0.25) is 11.8 Å². The van der Waals surface area contributed by atoms with Crippen molar-refractivity contribution < 1.29 is 19.5 Å². The predicted octanol–water partition coefficient (Wildman–Crippen LogP) is -0.301. The van der Waals surface area contributed by atoms with Crippen molar-refractivity contribution in [3.8, 4) is 0 Å². The second kappa shape index (κ2) is 7.24. The summed E-state index contributed by atoms with van der Waals surface area (Å²) in [7, 11) is 0. The van der Waals surface area contributed by atoms with Gasteiger partial charge in [-0.15, -0.1) is 0 Å². The minimum absolute atomic E-state index is 0.172. The maximum absolute atomic E-state index is 12.2. The number of benzene rings is 1. The lowest BCUT2D eigenvalue weighted by atomic mass is 10.1. The molecule has 1 aromatic heterocycles. The van der Waals surface area contributed by atoms with Crippen molar-refractivity contribution in [2.24, 2.45) is 11.5 Å². The van der Waals surface area contributed by atoms with Crippen LogP contribution in [0.4, 0.5) is 0 Å². The Balaban J connectivity index is 2.27. The number of amides is 1. The summed E-state index contributed by atoms with van der Waals surface area (Å²) in [6.07, 6.45) is 1.80. The highest BCUT2D eigenvalue weighted by molar-refractivity contribution is 5.96. The number of carbonyl (C=O) groups excluding carboxylic acids is 2. The smallest absolute Gasteiger partial charge is 0.322 e. The fraction of sp³-hybridized carbons (Fsp3) is 0.312. The van der Waals surface area contributed by atoms with Gasteiger partial charge in [0.05, 0.1) is 17.6 Å². The van der Waals surface area contributed by atoms with E-state index in [2.05, 4.69) is 5.32 Å². The van der Waals surface area contributed by atoms with Crippen LogP contribution in [-0.4, -0.2) is 46.1 Å². The van der Waals surface area contributed by atoms with Crippen LogP contribution in [0.15, 0.2) is 30.5 Å². The SMILES string of the molecule is C[C@H](N)C(=O)n1cc(C[C@H](N)C(=O)NCC(=O)O)c2ccccc21.